The summed E-state index contributed by atoms with van der Waals surface area (Å²) in [6.07, 6.45) is 1.62. The summed E-state index contributed by atoms with van der Waals surface area (Å²) in [5.41, 5.74) is 2.44. The van der Waals surface area contributed by atoms with E-state index in [1.807, 2.05) is 36.4 Å². The number of rotatable bonds is 6. The maximum Gasteiger partial charge on any atom is 0.261 e. The van der Waals surface area contributed by atoms with Crippen molar-refractivity contribution in [3.05, 3.63) is 90.6 Å². The largest absolute Gasteiger partial charge is 0.495 e. The number of aromatic nitrogens is 1. The smallest absolute Gasteiger partial charge is 0.261 e. The van der Waals surface area contributed by atoms with E-state index in [1.165, 1.54) is 12.1 Å². The molecule has 1 saturated heterocycles. The molecule has 0 atom stereocenters. The lowest BCUT2D eigenvalue weighted by molar-refractivity contribution is 0.0746. The summed E-state index contributed by atoms with van der Waals surface area (Å²) < 4.78 is 34.1. The van der Waals surface area contributed by atoms with Crippen molar-refractivity contribution < 1.29 is 17.9 Å². The number of nitrogens with zero attached hydrogens (tertiary/aromatic N) is 3. The Hall–Kier alpha value is -4.11. The number of ether oxygens (including phenoxy) is 1. The Labute approximate surface area is 210 Å². The zero-order valence-corrected chi connectivity index (χ0v) is 20.6. The second-order valence-corrected chi connectivity index (χ2v) is 10.1. The summed E-state index contributed by atoms with van der Waals surface area (Å²) in [4.78, 5) is 21.4. The lowest BCUT2D eigenvalue weighted by Gasteiger charge is -2.36. The van der Waals surface area contributed by atoms with Crippen molar-refractivity contribution in [2.45, 2.75) is 4.90 Å². The molecule has 1 aromatic heterocycles. The van der Waals surface area contributed by atoms with E-state index in [0.29, 0.717) is 42.9 Å². The summed E-state index contributed by atoms with van der Waals surface area (Å²) in [7, 11) is -2.20. The fourth-order valence-electron chi connectivity index (χ4n) is 4.39. The molecule has 0 radical (unpaired) electrons. The van der Waals surface area contributed by atoms with Gasteiger partial charge in [-0.25, -0.2) is 8.42 Å². The molecule has 0 saturated carbocycles. The number of benzene rings is 3. The van der Waals surface area contributed by atoms with Crippen molar-refractivity contribution in [1.82, 2.24) is 9.88 Å². The highest BCUT2D eigenvalue weighted by molar-refractivity contribution is 7.92. The number of para-hydroxylation sites is 3. The molecule has 0 bridgehead atoms. The van der Waals surface area contributed by atoms with Gasteiger partial charge in [0.05, 0.1) is 28.9 Å². The highest BCUT2D eigenvalue weighted by Gasteiger charge is 2.24. The number of methoxy groups -OCH3 is 1. The van der Waals surface area contributed by atoms with Crippen molar-refractivity contribution in [2.24, 2.45) is 0 Å². The minimum atomic E-state index is -3.85. The highest BCUT2D eigenvalue weighted by Crippen LogP contribution is 2.29. The van der Waals surface area contributed by atoms with Crippen LogP contribution in [0.15, 0.2) is 90.0 Å². The van der Waals surface area contributed by atoms with Crippen LogP contribution < -0.4 is 14.4 Å². The molecule has 3 aromatic carbocycles. The molecule has 1 amide bonds. The average molecular weight is 503 g/mol. The zero-order valence-electron chi connectivity index (χ0n) is 19.8. The molecule has 184 valence electrons. The van der Waals surface area contributed by atoms with E-state index in [0.717, 1.165) is 16.8 Å². The fraction of sp³-hybridized carbons (Fsp3) is 0.185. The second-order valence-electron chi connectivity index (χ2n) is 8.46. The van der Waals surface area contributed by atoms with Gasteiger partial charge in [-0.2, -0.15) is 0 Å². The van der Waals surface area contributed by atoms with E-state index in [2.05, 4.69) is 14.6 Å². The van der Waals surface area contributed by atoms with Crippen LogP contribution >= 0.6 is 0 Å². The molecule has 1 fully saturated rings. The van der Waals surface area contributed by atoms with E-state index >= 15 is 0 Å². The molecule has 2 heterocycles. The number of carbonyl (C=O) groups excluding carboxylic acids is 1. The number of amides is 1. The van der Waals surface area contributed by atoms with E-state index < -0.39 is 10.0 Å². The average Bonchev–Trinajstić information content (AvgIpc) is 2.93. The Kier molecular flexibility index (Phi) is 6.47. The number of sulfonamides is 1. The van der Waals surface area contributed by atoms with Gasteiger partial charge in [-0.3, -0.25) is 14.5 Å². The summed E-state index contributed by atoms with van der Waals surface area (Å²) in [5.74, 6) is 0.687. The van der Waals surface area contributed by atoms with Crippen molar-refractivity contribution >= 4 is 38.2 Å². The predicted molar refractivity (Wildman–Crippen MR) is 140 cm³/mol. The molecular formula is C27H26N4O4S. The van der Waals surface area contributed by atoms with Gasteiger partial charge in [0.1, 0.15) is 5.75 Å². The highest BCUT2D eigenvalue weighted by atomic mass is 32.2. The monoisotopic (exact) mass is 502 g/mol. The Morgan fingerprint density at radius 2 is 1.61 bits per heavy atom. The lowest BCUT2D eigenvalue weighted by atomic mass is 10.1. The van der Waals surface area contributed by atoms with Crippen LogP contribution in [-0.2, 0) is 10.0 Å². The van der Waals surface area contributed by atoms with Crippen LogP contribution in [-0.4, -0.2) is 57.5 Å². The number of hydrogen-bond donors (Lipinski definition) is 1. The summed E-state index contributed by atoms with van der Waals surface area (Å²) in [6.45, 7) is 2.49. The zero-order chi connectivity index (χ0) is 25.1. The first kappa shape index (κ1) is 23.6. The standard InChI is InChI=1S/C27H26N4O4S/c1-35-25-10-3-2-9-24(25)30-16-18-31(19-17-30)27(32)21-11-13-22(14-12-21)36(33,34)29-23-8-4-6-20-7-5-15-28-26(20)23/h2-15,29H,16-19H2,1H3. The number of pyridine rings is 1. The molecular weight excluding hydrogens is 476 g/mol. The Balaban J connectivity index is 1.26. The Bertz CT molecular complexity index is 1490. The van der Waals surface area contributed by atoms with Gasteiger partial charge in [-0.15, -0.1) is 0 Å². The van der Waals surface area contributed by atoms with Crippen LogP contribution in [0.2, 0.25) is 0 Å². The summed E-state index contributed by atoms with van der Waals surface area (Å²) in [5, 5.41) is 0.837. The first-order valence-corrected chi connectivity index (χ1v) is 13.1. The molecule has 9 heteroatoms. The summed E-state index contributed by atoms with van der Waals surface area (Å²) in [6, 6.07) is 22.9. The van der Waals surface area contributed by atoms with E-state index in [9.17, 15) is 13.2 Å². The minimum Gasteiger partial charge on any atom is -0.495 e. The van der Waals surface area contributed by atoms with Crippen molar-refractivity contribution in [2.75, 3.05) is 42.9 Å². The maximum absolute atomic E-state index is 13.1. The summed E-state index contributed by atoms with van der Waals surface area (Å²) >= 11 is 0. The normalized spacial score (nSPS) is 14.0. The molecule has 36 heavy (non-hydrogen) atoms. The molecule has 4 aromatic rings. The van der Waals surface area contributed by atoms with Gasteiger partial charge < -0.3 is 14.5 Å². The van der Waals surface area contributed by atoms with Gasteiger partial charge in [0.25, 0.3) is 15.9 Å². The Morgan fingerprint density at radius 3 is 2.36 bits per heavy atom. The number of hydrogen-bond acceptors (Lipinski definition) is 6. The lowest BCUT2D eigenvalue weighted by Crippen LogP contribution is -2.48. The molecule has 1 aliphatic rings. The maximum atomic E-state index is 13.1. The van der Waals surface area contributed by atoms with Crippen LogP contribution in [0, 0.1) is 0 Å². The molecule has 0 spiro atoms. The van der Waals surface area contributed by atoms with Gasteiger partial charge in [-0.1, -0.05) is 30.3 Å². The quantitative estimate of drug-likeness (QED) is 0.428. The first-order chi connectivity index (χ1) is 17.5. The molecule has 5 rings (SSSR count). The number of fused-ring (bicyclic) bond motifs is 1. The van der Waals surface area contributed by atoms with Crippen LogP contribution in [0.4, 0.5) is 11.4 Å². The van der Waals surface area contributed by atoms with Crippen molar-refractivity contribution in [1.29, 1.82) is 0 Å². The number of anilines is 2. The van der Waals surface area contributed by atoms with Gasteiger partial charge in [0.15, 0.2) is 0 Å². The Morgan fingerprint density at radius 1 is 0.889 bits per heavy atom. The third kappa shape index (κ3) is 4.70. The molecule has 0 aliphatic carbocycles. The predicted octanol–water partition coefficient (Wildman–Crippen LogP) is 4.01. The van der Waals surface area contributed by atoms with E-state index in [4.69, 9.17) is 4.74 Å². The van der Waals surface area contributed by atoms with Gasteiger partial charge in [0.2, 0.25) is 0 Å². The second kappa shape index (κ2) is 9.87. The topological polar surface area (TPSA) is 91.8 Å². The van der Waals surface area contributed by atoms with Crippen molar-refractivity contribution in [3.8, 4) is 5.75 Å². The van der Waals surface area contributed by atoms with Crippen LogP contribution in [0.5, 0.6) is 5.75 Å². The van der Waals surface area contributed by atoms with E-state index in [1.54, 1.807) is 48.5 Å². The molecule has 8 nitrogen and oxygen atoms in total. The van der Waals surface area contributed by atoms with Crippen molar-refractivity contribution in [3.63, 3.8) is 0 Å². The molecule has 1 N–H and O–H groups in total. The van der Waals surface area contributed by atoms with E-state index in [-0.39, 0.29) is 10.8 Å². The van der Waals surface area contributed by atoms with Gasteiger partial charge in [-0.05, 0) is 48.5 Å². The van der Waals surface area contributed by atoms with Crippen LogP contribution in [0.25, 0.3) is 10.9 Å². The number of piperazine rings is 1. The number of carbonyl (C=O) groups is 1. The fourth-order valence-corrected chi connectivity index (χ4v) is 5.46. The first-order valence-electron chi connectivity index (χ1n) is 11.6. The third-order valence-corrected chi connectivity index (χ3v) is 7.66. The SMILES string of the molecule is COc1ccccc1N1CCN(C(=O)c2ccc(S(=O)(=O)Nc3cccc4cccnc34)cc2)CC1. The van der Waals surface area contributed by atoms with Gasteiger partial charge in [0, 0.05) is 43.3 Å². The van der Waals surface area contributed by atoms with Gasteiger partial charge >= 0.3 is 0 Å². The third-order valence-electron chi connectivity index (χ3n) is 6.28. The number of nitrogens with one attached hydrogen (secondary N) is 1. The molecule has 1 aliphatic heterocycles. The molecule has 0 unspecified atom stereocenters. The van der Waals surface area contributed by atoms with Crippen LogP contribution in [0.1, 0.15) is 10.4 Å². The minimum absolute atomic E-state index is 0.0768. The van der Waals surface area contributed by atoms with Crippen LogP contribution in [0.3, 0.4) is 0 Å².